The summed E-state index contributed by atoms with van der Waals surface area (Å²) in [6.45, 7) is 5.53. The molecule has 1 rings (SSSR count). The van der Waals surface area contributed by atoms with Crippen LogP contribution in [-0.4, -0.2) is 63.5 Å². The summed E-state index contributed by atoms with van der Waals surface area (Å²) in [7, 11) is 3.44. The zero-order valence-electron chi connectivity index (χ0n) is 11.0. The fraction of sp³-hybridized carbons (Fsp3) is 0.917. The van der Waals surface area contributed by atoms with E-state index in [2.05, 4.69) is 16.3 Å². The van der Waals surface area contributed by atoms with Crippen LogP contribution in [-0.2, 0) is 9.47 Å². The highest BCUT2D eigenvalue weighted by Gasteiger charge is 2.32. The molecule has 0 radical (unpaired) electrons. The van der Waals surface area contributed by atoms with Crippen LogP contribution < -0.4 is 5.32 Å². The first-order chi connectivity index (χ1) is 8.24. The van der Waals surface area contributed by atoms with Crippen LogP contribution >= 0.6 is 0 Å². The fourth-order valence-corrected chi connectivity index (χ4v) is 2.22. The van der Waals surface area contributed by atoms with Crippen LogP contribution in [0.15, 0.2) is 0 Å². The van der Waals surface area contributed by atoms with E-state index in [1.54, 1.807) is 14.2 Å². The van der Waals surface area contributed by atoms with Gasteiger partial charge in [-0.25, -0.2) is 0 Å². The molecule has 5 heteroatoms. The predicted molar refractivity (Wildman–Crippen MR) is 65.7 cm³/mol. The highest BCUT2D eigenvalue weighted by molar-refractivity contribution is 4.92. The molecule has 1 aliphatic rings. The highest BCUT2D eigenvalue weighted by Crippen LogP contribution is 2.16. The van der Waals surface area contributed by atoms with Crippen molar-refractivity contribution in [2.24, 2.45) is 0 Å². The second kappa shape index (κ2) is 7.62. The summed E-state index contributed by atoms with van der Waals surface area (Å²) in [5, 5.41) is 12.1. The highest BCUT2D eigenvalue weighted by atomic mass is 16.5. The Bertz CT molecular complexity index is 243. The largest absolute Gasteiger partial charge is 0.377 e. The molecule has 0 spiro atoms. The zero-order chi connectivity index (χ0) is 12.7. The quantitative estimate of drug-likeness (QED) is 0.691. The third-order valence-corrected chi connectivity index (χ3v) is 3.24. The second-order valence-electron chi connectivity index (χ2n) is 4.34. The van der Waals surface area contributed by atoms with Gasteiger partial charge in [0.2, 0.25) is 0 Å². The number of hydrogen-bond acceptors (Lipinski definition) is 5. The average Bonchev–Trinajstić information content (AvgIpc) is 2.76. The zero-order valence-corrected chi connectivity index (χ0v) is 11.0. The van der Waals surface area contributed by atoms with E-state index in [1.807, 2.05) is 6.92 Å². The number of hydrogen-bond donors (Lipinski definition) is 1. The molecule has 3 unspecified atom stereocenters. The molecule has 1 N–H and O–H groups in total. The molecule has 0 saturated carbocycles. The maximum Gasteiger partial charge on any atom is 0.0971 e. The molecule has 1 fully saturated rings. The van der Waals surface area contributed by atoms with E-state index in [4.69, 9.17) is 14.7 Å². The van der Waals surface area contributed by atoms with Gasteiger partial charge in [-0.3, -0.25) is 4.90 Å². The Morgan fingerprint density at radius 2 is 1.94 bits per heavy atom. The van der Waals surface area contributed by atoms with Gasteiger partial charge in [0.25, 0.3) is 0 Å². The number of ether oxygens (including phenoxy) is 2. The van der Waals surface area contributed by atoms with Gasteiger partial charge in [-0.1, -0.05) is 6.92 Å². The van der Waals surface area contributed by atoms with Crippen LogP contribution in [0.1, 0.15) is 13.3 Å². The van der Waals surface area contributed by atoms with Crippen LogP contribution in [0.3, 0.4) is 0 Å². The number of likely N-dealkylation sites (tertiary alicyclic amines) is 1. The monoisotopic (exact) mass is 241 g/mol. The Balaban J connectivity index is 2.31. The van der Waals surface area contributed by atoms with E-state index in [-0.39, 0.29) is 18.2 Å². The van der Waals surface area contributed by atoms with Gasteiger partial charge in [0.15, 0.2) is 0 Å². The van der Waals surface area contributed by atoms with Gasteiger partial charge in [-0.05, 0) is 13.0 Å². The van der Waals surface area contributed by atoms with E-state index in [0.717, 1.165) is 32.6 Å². The van der Waals surface area contributed by atoms with Crippen molar-refractivity contribution in [2.75, 3.05) is 40.4 Å². The molecule has 17 heavy (non-hydrogen) atoms. The Kier molecular flexibility index (Phi) is 6.45. The number of rotatable bonds is 7. The summed E-state index contributed by atoms with van der Waals surface area (Å²) in [5.41, 5.74) is 0. The summed E-state index contributed by atoms with van der Waals surface area (Å²) < 4.78 is 10.8. The van der Waals surface area contributed by atoms with Gasteiger partial charge in [-0.15, -0.1) is 0 Å². The molecule has 1 heterocycles. The smallest absolute Gasteiger partial charge is 0.0971 e. The molecule has 5 nitrogen and oxygen atoms in total. The second-order valence-corrected chi connectivity index (χ2v) is 4.34. The van der Waals surface area contributed by atoms with E-state index in [0.29, 0.717) is 0 Å². The maximum atomic E-state index is 8.95. The third-order valence-electron chi connectivity index (χ3n) is 3.24. The summed E-state index contributed by atoms with van der Waals surface area (Å²) in [4.78, 5) is 2.30. The van der Waals surface area contributed by atoms with Crippen molar-refractivity contribution in [1.29, 1.82) is 5.26 Å². The average molecular weight is 241 g/mol. The molecular formula is C12H23N3O2. The number of nitriles is 1. The summed E-state index contributed by atoms with van der Waals surface area (Å²) >= 11 is 0. The predicted octanol–water partition coefficient (Wildman–Crippen LogP) is 0.224. The molecule has 0 aromatic carbocycles. The Hall–Kier alpha value is -0.670. The van der Waals surface area contributed by atoms with E-state index >= 15 is 0 Å². The number of nitrogens with zero attached hydrogens (tertiary/aromatic N) is 2. The lowest BCUT2D eigenvalue weighted by atomic mass is 10.2. The minimum atomic E-state index is -0.0532. The fourth-order valence-electron chi connectivity index (χ4n) is 2.22. The molecule has 1 saturated heterocycles. The van der Waals surface area contributed by atoms with Crippen molar-refractivity contribution < 1.29 is 9.47 Å². The summed E-state index contributed by atoms with van der Waals surface area (Å²) in [5.74, 6) is 0. The molecule has 0 aromatic rings. The molecule has 0 bridgehead atoms. The van der Waals surface area contributed by atoms with Crippen LogP contribution in [0.2, 0.25) is 0 Å². The lowest BCUT2D eigenvalue weighted by Gasteiger charge is -2.17. The lowest BCUT2D eigenvalue weighted by Crippen LogP contribution is -2.33. The lowest BCUT2D eigenvalue weighted by molar-refractivity contribution is -0.00461. The van der Waals surface area contributed by atoms with Gasteiger partial charge >= 0.3 is 0 Å². The first-order valence-corrected chi connectivity index (χ1v) is 6.16. The van der Waals surface area contributed by atoms with Crippen molar-refractivity contribution in [3.63, 3.8) is 0 Å². The van der Waals surface area contributed by atoms with Crippen molar-refractivity contribution in [3.8, 4) is 6.07 Å². The van der Waals surface area contributed by atoms with Crippen LogP contribution in [0.5, 0.6) is 0 Å². The summed E-state index contributed by atoms with van der Waals surface area (Å²) in [6, 6.07) is 2.22. The Morgan fingerprint density at radius 1 is 1.35 bits per heavy atom. The van der Waals surface area contributed by atoms with Crippen molar-refractivity contribution in [3.05, 3.63) is 0 Å². The van der Waals surface area contributed by atoms with Gasteiger partial charge in [-0.2, -0.15) is 5.26 Å². The van der Waals surface area contributed by atoms with Crippen LogP contribution in [0.25, 0.3) is 0 Å². The van der Waals surface area contributed by atoms with Crippen molar-refractivity contribution >= 4 is 0 Å². The molecule has 98 valence electrons. The minimum absolute atomic E-state index is 0.0532. The summed E-state index contributed by atoms with van der Waals surface area (Å²) in [6.07, 6.45) is 1.15. The van der Waals surface area contributed by atoms with Crippen molar-refractivity contribution in [2.45, 2.75) is 31.6 Å². The van der Waals surface area contributed by atoms with Gasteiger partial charge < -0.3 is 14.8 Å². The molecule has 0 amide bonds. The maximum absolute atomic E-state index is 8.95. The molecule has 3 atom stereocenters. The van der Waals surface area contributed by atoms with Gasteiger partial charge in [0.05, 0.1) is 24.3 Å². The van der Waals surface area contributed by atoms with Crippen molar-refractivity contribution in [1.82, 2.24) is 10.2 Å². The molecular weight excluding hydrogens is 218 g/mol. The van der Waals surface area contributed by atoms with Crippen LogP contribution in [0, 0.1) is 11.3 Å². The third kappa shape index (κ3) is 4.25. The minimum Gasteiger partial charge on any atom is -0.377 e. The first kappa shape index (κ1) is 14.4. The van der Waals surface area contributed by atoms with Gasteiger partial charge in [0.1, 0.15) is 0 Å². The van der Waals surface area contributed by atoms with Crippen LogP contribution in [0.4, 0.5) is 0 Å². The van der Waals surface area contributed by atoms with E-state index in [1.165, 1.54) is 0 Å². The Morgan fingerprint density at radius 3 is 2.35 bits per heavy atom. The van der Waals surface area contributed by atoms with Gasteiger partial charge in [0, 0.05) is 33.9 Å². The molecule has 1 aliphatic heterocycles. The molecule has 0 aliphatic carbocycles. The SMILES string of the molecule is CCNC(C#N)CCN1CC(OC)C(OC)C1. The number of nitrogens with one attached hydrogen (secondary N) is 1. The number of methoxy groups -OCH3 is 2. The molecule has 0 aromatic heterocycles. The van der Waals surface area contributed by atoms with E-state index in [9.17, 15) is 0 Å². The van der Waals surface area contributed by atoms with E-state index < -0.39 is 0 Å². The topological polar surface area (TPSA) is 57.5 Å². The standard InChI is InChI=1S/C12H23N3O2/c1-4-14-10(7-13)5-6-15-8-11(16-2)12(9-15)17-3/h10-12,14H,4-6,8-9H2,1-3H3. The first-order valence-electron chi connectivity index (χ1n) is 6.16. The Labute approximate surface area is 104 Å². The normalized spacial score (nSPS) is 26.9.